The summed E-state index contributed by atoms with van der Waals surface area (Å²) in [5, 5.41) is 0.813. The fourth-order valence-corrected chi connectivity index (χ4v) is 6.10. The van der Waals surface area contributed by atoms with E-state index in [9.17, 15) is 24.0 Å². The van der Waals surface area contributed by atoms with Gasteiger partial charge in [-0.1, -0.05) is 6.07 Å². The Kier molecular flexibility index (Phi) is 9.29. The van der Waals surface area contributed by atoms with Crippen molar-refractivity contribution < 1.29 is 76.1 Å². The van der Waals surface area contributed by atoms with Gasteiger partial charge in [0.2, 0.25) is 31.6 Å². The summed E-state index contributed by atoms with van der Waals surface area (Å²) >= 11 is 0. The van der Waals surface area contributed by atoms with E-state index in [1.165, 1.54) is 14.2 Å². The summed E-state index contributed by atoms with van der Waals surface area (Å²) in [5.74, 6) is -2.40. The molecular formula is C34H32O16. The van der Waals surface area contributed by atoms with Crippen LogP contribution in [0.5, 0.6) is 28.7 Å². The lowest BCUT2D eigenvalue weighted by molar-refractivity contribution is -0.328. The van der Waals surface area contributed by atoms with Crippen molar-refractivity contribution in [1.29, 1.82) is 0 Å². The fraction of sp³-hybridized carbons (Fsp3) is 0.382. The molecule has 0 saturated carbocycles. The van der Waals surface area contributed by atoms with Crippen molar-refractivity contribution in [2.75, 3.05) is 21.0 Å². The number of carbonyl (C=O) groups excluding carboxylic acids is 5. The molecule has 0 unspecified atom stereocenters. The van der Waals surface area contributed by atoms with Crippen molar-refractivity contribution in [2.24, 2.45) is 0 Å². The highest BCUT2D eigenvalue weighted by Gasteiger charge is 2.55. The average Bonchev–Trinajstić information content (AvgIpc) is 3.69. The molecule has 3 aromatic carbocycles. The van der Waals surface area contributed by atoms with Crippen LogP contribution in [-0.2, 0) is 54.2 Å². The number of methoxy groups -OCH3 is 2. The summed E-state index contributed by atoms with van der Waals surface area (Å²) in [6.07, 6.45) is -8.13. The number of cyclic esters (lactones) is 1. The summed E-state index contributed by atoms with van der Waals surface area (Å²) in [6, 6.07) is 8.46. The van der Waals surface area contributed by atoms with E-state index >= 15 is 0 Å². The molecule has 3 heterocycles. The van der Waals surface area contributed by atoms with E-state index in [0.29, 0.717) is 44.9 Å². The SMILES string of the molecule is COc1cc2c(O[C@@H]3O[C@H](OC(C)=O)[C@@H](OC(C)=O)[C@H](OC(C)=O)[C@H]3OC(C)=O)c3c(c(-c4ccc5c(c4)OCO5)c2cc1OC)C(=O)OC3. The summed E-state index contributed by atoms with van der Waals surface area (Å²) < 4.78 is 62.1. The van der Waals surface area contributed by atoms with Crippen molar-refractivity contribution in [2.45, 2.75) is 65.2 Å². The van der Waals surface area contributed by atoms with Crippen LogP contribution in [0.25, 0.3) is 21.9 Å². The van der Waals surface area contributed by atoms with E-state index in [2.05, 4.69) is 0 Å². The van der Waals surface area contributed by atoms with E-state index in [1.54, 1.807) is 30.3 Å². The molecule has 1 fully saturated rings. The highest BCUT2D eigenvalue weighted by molar-refractivity contribution is 6.14. The summed E-state index contributed by atoms with van der Waals surface area (Å²) in [7, 11) is 2.89. The molecule has 50 heavy (non-hydrogen) atoms. The van der Waals surface area contributed by atoms with Gasteiger partial charge < -0.3 is 47.4 Å². The average molecular weight is 697 g/mol. The van der Waals surface area contributed by atoms with Crippen molar-refractivity contribution in [3.63, 3.8) is 0 Å². The molecule has 0 aliphatic carbocycles. The largest absolute Gasteiger partial charge is 0.493 e. The van der Waals surface area contributed by atoms with Gasteiger partial charge in [0.1, 0.15) is 12.4 Å². The first-order valence-corrected chi connectivity index (χ1v) is 15.2. The number of rotatable bonds is 9. The molecule has 5 atom stereocenters. The highest BCUT2D eigenvalue weighted by Crippen LogP contribution is 2.50. The fourth-order valence-electron chi connectivity index (χ4n) is 6.10. The summed E-state index contributed by atoms with van der Waals surface area (Å²) in [6.45, 7) is 4.13. The van der Waals surface area contributed by atoms with Crippen molar-refractivity contribution >= 4 is 40.6 Å². The minimum absolute atomic E-state index is 0.0301. The molecule has 0 spiro atoms. The van der Waals surface area contributed by atoms with Gasteiger partial charge in [-0.25, -0.2) is 4.79 Å². The third-order valence-electron chi connectivity index (χ3n) is 7.95. The molecule has 16 heteroatoms. The number of benzene rings is 3. The Balaban J connectivity index is 1.58. The highest BCUT2D eigenvalue weighted by atomic mass is 16.8. The molecule has 0 amide bonds. The lowest BCUT2D eigenvalue weighted by Gasteiger charge is -2.43. The number of hydrogen-bond acceptors (Lipinski definition) is 16. The van der Waals surface area contributed by atoms with Gasteiger partial charge in [0.15, 0.2) is 29.1 Å². The first-order chi connectivity index (χ1) is 23.9. The topological polar surface area (TPSA) is 187 Å². The predicted molar refractivity (Wildman–Crippen MR) is 165 cm³/mol. The maximum atomic E-state index is 13.5. The molecule has 0 N–H and O–H groups in total. The second kappa shape index (κ2) is 13.6. The van der Waals surface area contributed by atoms with Crippen molar-refractivity contribution in [3.8, 4) is 39.9 Å². The molecule has 3 aliphatic rings. The summed E-state index contributed by atoms with van der Waals surface area (Å²) in [4.78, 5) is 62.5. The van der Waals surface area contributed by atoms with Crippen LogP contribution in [0, 0.1) is 0 Å². The van der Waals surface area contributed by atoms with Gasteiger partial charge in [-0.05, 0) is 35.2 Å². The Labute approximate surface area is 284 Å². The van der Waals surface area contributed by atoms with Crippen LogP contribution in [0.3, 0.4) is 0 Å². The second-order valence-electron chi connectivity index (χ2n) is 11.3. The van der Waals surface area contributed by atoms with E-state index < -0.39 is 60.7 Å². The van der Waals surface area contributed by atoms with E-state index in [4.69, 9.17) is 52.1 Å². The van der Waals surface area contributed by atoms with Gasteiger partial charge in [-0.15, -0.1) is 0 Å². The number of ether oxygens (including phenoxy) is 11. The Morgan fingerprint density at radius 3 is 1.86 bits per heavy atom. The van der Waals surface area contributed by atoms with Crippen LogP contribution >= 0.6 is 0 Å². The Bertz CT molecular complexity index is 1900. The molecule has 3 aliphatic heterocycles. The Morgan fingerprint density at radius 1 is 0.660 bits per heavy atom. The second-order valence-corrected chi connectivity index (χ2v) is 11.3. The smallest absolute Gasteiger partial charge is 0.339 e. The zero-order valence-electron chi connectivity index (χ0n) is 27.7. The zero-order chi connectivity index (χ0) is 35.9. The van der Waals surface area contributed by atoms with Crippen molar-refractivity contribution in [1.82, 2.24) is 0 Å². The quantitative estimate of drug-likeness (QED) is 0.234. The lowest BCUT2D eigenvalue weighted by atomic mass is 9.89. The van der Waals surface area contributed by atoms with Gasteiger partial charge in [-0.3, -0.25) is 23.9 Å². The van der Waals surface area contributed by atoms with E-state index in [1.807, 2.05) is 0 Å². The number of carbonyl (C=O) groups is 5. The monoisotopic (exact) mass is 696 g/mol. The normalized spacial score (nSPS) is 21.8. The first kappa shape index (κ1) is 34.1. The molecule has 3 aromatic rings. The third kappa shape index (κ3) is 6.36. The van der Waals surface area contributed by atoms with Gasteiger partial charge in [0.25, 0.3) is 0 Å². The van der Waals surface area contributed by atoms with Crippen LogP contribution < -0.4 is 23.7 Å². The predicted octanol–water partition coefficient (Wildman–Crippen LogP) is 3.34. The third-order valence-corrected chi connectivity index (χ3v) is 7.95. The number of hydrogen-bond donors (Lipinski definition) is 0. The van der Waals surface area contributed by atoms with Crippen molar-refractivity contribution in [3.05, 3.63) is 41.5 Å². The maximum Gasteiger partial charge on any atom is 0.339 e. The van der Waals surface area contributed by atoms with Gasteiger partial charge in [0.05, 0.1) is 19.8 Å². The van der Waals surface area contributed by atoms with Crippen LogP contribution in [0.2, 0.25) is 0 Å². The molecule has 6 rings (SSSR count). The van der Waals surface area contributed by atoms with Crippen LogP contribution in [0.4, 0.5) is 0 Å². The molecule has 0 radical (unpaired) electrons. The molecule has 16 nitrogen and oxygen atoms in total. The van der Waals surface area contributed by atoms with Gasteiger partial charge in [-0.2, -0.15) is 0 Å². The van der Waals surface area contributed by atoms with E-state index in [-0.39, 0.29) is 30.3 Å². The number of esters is 5. The maximum absolute atomic E-state index is 13.5. The molecule has 264 valence electrons. The Hall–Kier alpha value is -5.77. The molecule has 0 bridgehead atoms. The number of fused-ring (bicyclic) bond motifs is 3. The van der Waals surface area contributed by atoms with Gasteiger partial charge in [0, 0.05) is 44.2 Å². The Morgan fingerprint density at radius 2 is 1.24 bits per heavy atom. The minimum atomic E-state index is -1.70. The lowest BCUT2D eigenvalue weighted by Crippen LogP contribution is -2.63. The van der Waals surface area contributed by atoms with Gasteiger partial charge >= 0.3 is 29.8 Å². The standard InChI is InChI=1S/C34H32O16/c1-14(35)45-29-30(46-15(2)36)33(48-17(4)38)50-34(31(29)47-16(3)37)49-28-20-11-24(41-6)23(40-5)10-19(20)26(27-21(28)12-42-32(27)39)18-7-8-22-25(9-18)44-13-43-22/h7-11,29-31,33-34H,12-13H2,1-6H3/t29-,30-,31+,33-,34+/m0/s1. The molecule has 1 saturated heterocycles. The minimum Gasteiger partial charge on any atom is -0.493 e. The van der Waals surface area contributed by atoms with Crippen LogP contribution in [0.1, 0.15) is 43.6 Å². The van der Waals surface area contributed by atoms with Crippen LogP contribution in [0.15, 0.2) is 30.3 Å². The molecular weight excluding hydrogens is 664 g/mol. The molecule has 0 aromatic heterocycles. The zero-order valence-corrected chi connectivity index (χ0v) is 27.7. The first-order valence-electron chi connectivity index (χ1n) is 15.2. The van der Waals surface area contributed by atoms with Crippen LogP contribution in [-0.4, -0.2) is 81.8 Å². The summed E-state index contributed by atoms with van der Waals surface area (Å²) in [5.41, 5.74) is 1.46. The van der Waals surface area contributed by atoms with E-state index in [0.717, 1.165) is 27.7 Å².